The fourth-order valence-electron chi connectivity index (χ4n) is 4.73. The molecule has 3 heterocycles. The van der Waals surface area contributed by atoms with Crippen LogP contribution >= 0.6 is 35.3 Å². The van der Waals surface area contributed by atoms with E-state index in [0.29, 0.717) is 49.0 Å². The van der Waals surface area contributed by atoms with E-state index in [-0.39, 0.29) is 33.5 Å². The number of ether oxygens (including phenoxy) is 2. The first-order valence-electron chi connectivity index (χ1n) is 14.2. The zero-order valence-corrected chi connectivity index (χ0v) is 26.9. The number of alkyl halides is 3. The lowest BCUT2D eigenvalue weighted by Crippen LogP contribution is -2.45. The number of thiocarbonyl (C=S) groups is 1. The number of benzene rings is 2. The Hall–Kier alpha value is -3.67. The highest BCUT2D eigenvalue weighted by molar-refractivity contribution is 8.26. The number of carbonyl (C=O) groups is 3. The molecule has 1 unspecified atom stereocenters. The van der Waals surface area contributed by atoms with Crippen LogP contribution in [0.4, 0.5) is 23.2 Å². The lowest BCUT2D eigenvalue weighted by Gasteiger charge is -2.28. The Balaban J connectivity index is 1.29. The molecule has 1 aromatic heterocycles. The van der Waals surface area contributed by atoms with Gasteiger partial charge in [0.05, 0.1) is 42.4 Å². The standard InChI is InChI=1S/C31H27F4N3O6S3/c32-24-6-3-19(14-23(24)31(33,34)35)20-13-22(46-17-20)15-26-28(40)38(30(45)47-26)16-25(44-12-9-37-7-10-43-11-8-37)27(39)36-21-4-1-18(2-5-21)29(41)42/h1-6,13-15,17,25H,7-12,16H2,(H,36,39)(H,41,42)/b26-15-. The second kappa shape index (κ2) is 15.0. The van der Waals surface area contributed by atoms with Crippen LogP contribution in [0.15, 0.2) is 58.8 Å². The summed E-state index contributed by atoms with van der Waals surface area (Å²) in [4.78, 5) is 42.2. The first-order chi connectivity index (χ1) is 22.4. The van der Waals surface area contributed by atoms with Crippen molar-refractivity contribution in [2.24, 2.45) is 0 Å². The number of morpholine rings is 1. The molecule has 0 bridgehead atoms. The number of nitrogens with zero attached hydrogens (tertiary/aromatic N) is 2. The largest absolute Gasteiger partial charge is 0.478 e. The molecule has 2 N–H and O–H groups in total. The molecule has 0 radical (unpaired) electrons. The molecule has 2 aromatic carbocycles. The molecule has 2 aliphatic heterocycles. The molecule has 47 heavy (non-hydrogen) atoms. The van der Waals surface area contributed by atoms with Crippen molar-refractivity contribution in [3.05, 3.63) is 80.6 Å². The van der Waals surface area contributed by atoms with Crippen molar-refractivity contribution in [1.29, 1.82) is 0 Å². The van der Waals surface area contributed by atoms with Crippen molar-refractivity contribution >= 4 is 69.2 Å². The Kier molecular flexibility index (Phi) is 11.1. The zero-order chi connectivity index (χ0) is 33.7. The van der Waals surface area contributed by atoms with Gasteiger partial charge in [-0.05, 0) is 65.0 Å². The Labute approximate surface area is 280 Å². The number of thioether (sulfide) groups is 1. The highest BCUT2D eigenvalue weighted by Gasteiger charge is 2.37. The van der Waals surface area contributed by atoms with Gasteiger partial charge in [0.2, 0.25) is 0 Å². The number of anilines is 1. The summed E-state index contributed by atoms with van der Waals surface area (Å²) in [6.07, 6.45) is -4.43. The number of carbonyl (C=O) groups excluding carboxylic acids is 2. The van der Waals surface area contributed by atoms with Crippen molar-refractivity contribution in [2.75, 3.05) is 51.3 Å². The minimum absolute atomic E-state index is 0.0484. The van der Waals surface area contributed by atoms with Gasteiger partial charge in [-0.15, -0.1) is 11.3 Å². The van der Waals surface area contributed by atoms with Gasteiger partial charge in [0.1, 0.15) is 10.1 Å². The van der Waals surface area contributed by atoms with Gasteiger partial charge < -0.3 is 19.9 Å². The Bertz CT molecular complexity index is 1690. The molecule has 1 atom stereocenters. The number of carboxylic acid groups (broad SMARTS) is 1. The number of hydrogen-bond donors (Lipinski definition) is 2. The van der Waals surface area contributed by atoms with Crippen molar-refractivity contribution in [3.8, 4) is 11.1 Å². The van der Waals surface area contributed by atoms with Gasteiger partial charge in [0, 0.05) is 30.2 Å². The molecule has 0 saturated carbocycles. The third-order valence-corrected chi connectivity index (χ3v) is 9.50. The van der Waals surface area contributed by atoms with E-state index in [4.69, 9.17) is 26.8 Å². The SMILES string of the molecule is O=C(O)c1ccc(NC(=O)C(CN2C(=O)/C(=C/c3cc(-c4ccc(F)c(C(F)(F)F)c4)cs3)SC2=S)OCCN2CCOCC2)cc1. The molecule has 2 amide bonds. The van der Waals surface area contributed by atoms with E-state index in [1.165, 1.54) is 46.6 Å². The molecule has 5 rings (SSSR count). The van der Waals surface area contributed by atoms with E-state index >= 15 is 0 Å². The number of hydrogen-bond acceptors (Lipinski definition) is 9. The van der Waals surface area contributed by atoms with Crippen molar-refractivity contribution in [1.82, 2.24) is 9.80 Å². The molecule has 9 nitrogen and oxygen atoms in total. The molecule has 0 aliphatic carbocycles. The van der Waals surface area contributed by atoms with Gasteiger partial charge in [-0.1, -0.05) is 30.0 Å². The van der Waals surface area contributed by atoms with E-state index in [1.807, 2.05) is 0 Å². The van der Waals surface area contributed by atoms with E-state index < -0.39 is 41.4 Å². The summed E-state index contributed by atoms with van der Waals surface area (Å²) in [5.74, 6) is -3.52. The predicted octanol–water partition coefficient (Wildman–Crippen LogP) is 5.83. The zero-order valence-electron chi connectivity index (χ0n) is 24.4. The minimum Gasteiger partial charge on any atom is -0.478 e. The summed E-state index contributed by atoms with van der Waals surface area (Å²) in [6, 6.07) is 9.93. The second-order valence-corrected chi connectivity index (χ2v) is 13.0. The van der Waals surface area contributed by atoms with Crippen molar-refractivity contribution in [2.45, 2.75) is 12.3 Å². The van der Waals surface area contributed by atoms with Crippen molar-refractivity contribution in [3.63, 3.8) is 0 Å². The van der Waals surface area contributed by atoms with Crippen LogP contribution in [0.1, 0.15) is 20.8 Å². The summed E-state index contributed by atoms with van der Waals surface area (Å²) < 4.78 is 64.9. The van der Waals surface area contributed by atoms with Gasteiger partial charge in [-0.2, -0.15) is 13.2 Å². The monoisotopic (exact) mass is 709 g/mol. The maximum atomic E-state index is 13.8. The maximum Gasteiger partial charge on any atom is 0.419 e. The third-order valence-electron chi connectivity index (χ3n) is 7.24. The van der Waals surface area contributed by atoms with Gasteiger partial charge >= 0.3 is 12.1 Å². The van der Waals surface area contributed by atoms with E-state index in [2.05, 4.69) is 10.2 Å². The van der Waals surface area contributed by atoms with Crippen molar-refractivity contribution < 1.29 is 46.5 Å². The Morgan fingerprint density at radius 2 is 1.83 bits per heavy atom. The fraction of sp³-hybridized carbons (Fsp3) is 0.290. The Morgan fingerprint density at radius 3 is 2.51 bits per heavy atom. The highest BCUT2D eigenvalue weighted by Crippen LogP contribution is 2.37. The number of halogens is 4. The summed E-state index contributed by atoms with van der Waals surface area (Å²) in [5.41, 5.74) is -0.394. The van der Waals surface area contributed by atoms with Crippen LogP contribution in [0.25, 0.3) is 17.2 Å². The smallest absolute Gasteiger partial charge is 0.419 e. The number of amides is 2. The molecular weight excluding hydrogens is 683 g/mol. The highest BCUT2D eigenvalue weighted by atomic mass is 32.2. The summed E-state index contributed by atoms with van der Waals surface area (Å²) in [5, 5.41) is 13.5. The van der Waals surface area contributed by atoms with Crippen LogP contribution in [0.5, 0.6) is 0 Å². The molecule has 3 aromatic rings. The van der Waals surface area contributed by atoms with Gasteiger partial charge in [-0.3, -0.25) is 19.4 Å². The average molecular weight is 710 g/mol. The topological polar surface area (TPSA) is 108 Å². The second-order valence-electron chi connectivity index (χ2n) is 10.4. The molecule has 2 aliphatic rings. The quantitative estimate of drug-likeness (QED) is 0.145. The van der Waals surface area contributed by atoms with Crippen LogP contribution in [-0.4, -0.2) is 89.1 Å². The van der Waals surface area contributed by atoms with Crippen LogP contribution in [-0.2, 0) is 25.2 Å². The van der Waals surface area contributed by atoms with Gasteiger partial charge in [-0.25, -0.2) is 9.18 Å². The number of thiophene rings is 1. The lowest BCUT2D eigenvalue weighted by molar-refractivity contribution is -0.140. The summed E-state index contributed by atoms with van der Waals surface area (Å²) in [7, 11) is 0. The molecular formula is C31H27F4N3O6S3. The fourth-order valence-corrected chi connectivity index (χ4v) is 6.92. The van der Waals surface area contributed by atoms with Crippen LogP contribution in [0.3, 0.4) is 0 Å². The molecule has 2 fully saturated rings. The predicted molar refractivity (Wildman–Crippen MR) is 174 cm³/mol. The first kappa shape index (κ1) is 34.7. The molecule has 0 spiro atoms. The van der Waals surface area contributed by atoms with Crippen LogP contribution in [0, 0.1) is 5.82 Å². The van der Waals surface area contributed by atoms with E-state index in [0.717, 1.165) is 23.9 Å². The van der Waals surface area contributed by atoms with Crippen LogP contribution < -0.4 is 5.32 Å². The normalized spacial score (nSPS) is 17.4. The minimum atomic E-state index is -4.85. The molecule has 2 saturated heterocycles. The van der Waals surface area contributed by atoms with Gasteiger partial charge in [0.15, 0.2) is 6.10 Å². The van der Waals surface area contributed by atoms with E-state index in [9.17, 15) is 31.9 Å². The first-order valence-corrected chi connectivity index (χ1v) is 16.3. The number of aromatic carboxylic acids is 1. The molecule has 248 valence electrons. The average Bonchev–Trinajstić information content (AvgIpc) is 3.60. The summed E-state index contributed by atoms with van der Waals surface area (Å²) in [6.45, 7) is 3.11. The number of nitrogens with one attached hydrogen (secondary N) is 1. The van der Waals surface area contributed by atoms with Crippen LogP contribution in [0.2, 0.25) is 0 Å². The maximum absolute atomic E-state index is 13.8. The molecule has 16 heteroatoms. The Morgan fingerprint density at radius 1 is 1.11 bits per heavy atom. The third kappa shape index (κ3) is 8.82. The number of carboxylic acids is 1. The lowest BCUT2D eigenvalue weighted by atomic mass is 10.0. The summed E-state index contributed by atoms with van der Waals surface area (Å²) >= 11 is 7.66. The number of rotatable bonds is 11. The van der Waals surface area contributed by atoms with Gasteiger partial charge in [0.25, 0.3) is 11.8 Å². The van der Waals surface area contributed by atoms with E-state index in [1.54, 1.807) is 17.5 Å².